The molecule has 1 aliphatic carbocycles. The zero-order valence-corrected chi connectivity index (χ0v) is 12.8. The number of hydrogen-bond donors (Lipinski definition) is 1. The van der Waals surface area contributed by atoms with Crippen LogP contribution < -0.4 is 4.74 Å². The van der Waals surface area contributed by atoms with E-state index in [0.717, 1.165) is 30.6 Å². The number of ether oxygens (including phenoxy) is 1. The number of halogens is 1. The lowest BCUT2D eigenvalue weighted by Gasteiger charge is -2.23. The molecule has 1 saturated carbocycles. The number of benzene rings is 1. The van der Waals surface area contributed by atoms with Crippen LogP contribution >= 0.6 is 0 Å². The van der Waals surface area contributed by atoms with Crippen molar-refractivity contribution < 1.29 is 23.8 Å². The highest BCUT2D eigenvalue weighted by atomic mass is 19.1. The Morgan fingerprint density at radius 3 is 2.65 bits per heavy atom. The maximum Gasteiger partial charge on any atom is 0.235 e. The molecule has 1 aromatic rings. The van der Waals surface area contributed by atoms with Gasteiger partial charge in [-0.1, -0.05) is 25.0 Å². The largest absolute Gasteiger partial charge is 0.488 e. The summed E-state index contributed by atoms with van der Waals surface area (Å²) in [6.45, 7) is -0.279. The molecule has 0 aromatic heterocycles. The van der Waals surface area contributed by atoms with Crippen molar-refractivity contribution in [3.8, 4) is 5.75 Å². The predicted octanol–water partition coefficient (Wildman–Crippen LogP) is 1.88. The van der Waals surface area contributed by atoms with Gasteiger partial charge in [0.1, 0.15) is 12.7 Å². The molecule has 1 spiro atoms. The fourth-order valence-electron chi connectivity index (χ4n) is 3.50. The Kier molecular flexibility index (Phi) is 4.35. The number of aliphatic hydroxyl groups is 1. The van der Waals surface area contributed by atoms with Crippen molar-refractivity contribution in [3.63, 3.8) is 0 Å². The highest BCUT2D eigenvalue weighted by molar-refractivity contribution is 6.06. The number of β-amino-alcohol motifs (C(OH)–C–C–N with tert-alkyl or cyclic N) is 1. The number of likely N-dealkylation sites (tertiary alicyclic amines) is 1. The van der Waals surface area contributed by atoms with Crippen LogP contribution in [0.25, 0.3) is 0 Å². The number of para-hydroxylation sites is 1. The summed E-state index contributed by atoms with van der Waals surface area (Å²) in [5.41, 5.74) is -0.538. The van der Waals surface area contributed by atoms with Crippen LogP contribution in [0.5, 0.6) is 5.75 Å². The topological polar surface area (TPSA) is 66.8 Å². The molecule has 1 unspecified atom stereocenters. The van der Waals surface area contributed by atoms with E-state index in [9.17, 15) is 19.1 Å². The molecule has 5 nitrogen and oxygen atoms in total. The zero-order chi connectivity index (χ0) is 16.4. The fraction of sp³-hybridized carbons (Fsp3) is 0.529. The molecule has 1 heterocycles. The van der Waals surface area contributed by atoms with E-state index in [1.165, 1.54) is 12.1 Å². The Labute approximate surface area is 134 Å². The first-order valence-corrected chi connectivity index (χ1v) is 7.92. The van der Waals surface area contributed by atoms with E-state index < -0.39 is 17.3 Å². The van der Waals surface area contributed by atoms with Crippen molar-refractivity contribution in [2.75, 3.05) is 13.2 Å². The van der Waals surface area contributed by atoms with Gasteiger partial charge in [-0.15, -0.1) is 0 Å². The molecule has 124 valence electrons. The van der Waals surface area contributed by atoms with Crippen molar-refractivity contribution in [2.24, 2.45) is 5.41 Å². The van der Waals surface area contributed by atoms with Gasteiger partial charge in [0.25, 0.3) is 0 Å². The Balaban J connectivity index is 1.57. The second kappa shape index (κ2) is 6.28. The third-order valence-corrected chi connectivity index (χ3v) is 4.71. The fourth-order valence-corrected chi connectivity index (χ4v) is 3.50. The summed E-state index contributed by atoms with van der Waals surface area (Å²) >= 11 is 0. The van der Waals surface area contributed by atoms with Gasteiger partial charge in [0.2, 0.25) is 11.8 Å². The zero-order valence-electron chi connectivity index (χ0n) is 12.8. The number of imide groups is 1. The molecule has 3 rings (SSSR count). The molecule has 1 atom stereocenters. The summed E-state index contributed by atoms with van der Waals surface area (Å²) in [7, 11) is 0. The highest BCUT2D eigenvalue weighted by Gasteiger charge is 2.52. The van der Waals surface area contributed by atoms with Crippen LogP contribution in [0.1, 0.15) is 32.1 Å². The minimum absolute atomic E-state index is 0.0397. The van der Waals surface area contributed by atoms with Gasteiger partial charge < -0.3 is 9.84 Å². The van der Waals surface area contributed by atoms with E-state index in [1.54, 1.807) is 12.1 Å². The molecule has 2 fully saturated rings. The van der Waals surface area contributed by atoms with Gasteiger partial charge in [0.15, 0.2) is 11.6 Å². The van der Waals surface area contributed by atoms with Gasteiger partial charge in [0, 0.05) is 6.42 Å². The number of aliphatic hydroxyl groups excluding tert-OH is 1. The van der Waals surface area contributed by atoms with E-state index in [1.807, 2.05) is 0 Å². The normalized spacial score (nSPS) is 21.2. The maximum absolute atomic E-state index is 13.4. The summed E-state index contributed by atoms with van der Waals surface area (Å²) in [6, 6.07) is 5.89. The van der Waals surface area contributed by atoms with Crippen molar-refractivity contribution in [3.05, 3.63) is 30.1 Å². The predicted molar refractivity (Wildman–Crippen MR) is 80.1 cm³/mol. The molecule has 0 radical (unpaired) electrons. The Morgan fingerprint density at radius 2 is 1.96 bits per heavy atom. The first kappa shape index (κ1) is 15.9. The average molecular weight is 321 g/mol. The minimum atomic E-state index is -1.04. The SMILES string of the molecule is O=C1CC2(CCCC2)C(=O)N1CC(O)COc1ccccc1F. The second-order valence-electron chi connectivity index (χ2n) is 6.37. The maximum atomic E-state index is 13.4. The molecule has 23 heavy (non-hydrogen) atoms. The van der Waals surface area contributed by atoms with Crippen molar-refractivity contribution in [1.29, 1.82) is 0 Å². The quantitative estimate of drug-likeness (QED) is 0.841. The van der Waals surface area contributed by atoms with Crippen LogP contribution in [0.4, 0.5) is 4.39 Å². The first-order valence-electron chi connectivity index (χ1n) is 7.92. The van der Waals surface area contributed by atoms with Crippen LogP contribution in [-0.4, -0.2) is 41.1 Å². The van der Waals surface area contributed by atoms with Gasteiger partial charge in [-0.25, -0.2) is 4.39 Å². The van der Waals surface area contributed by atoms with Gasteiger partial charge in [-0.2, -0.15) is 0 Å². The van der Waals surface area contributed by atoms with Crippen molar-refractivity contribution in [1.82, 2.24) is 4.90 Å². The summed E-state index contributed by atoms with van der Waals surface area (Å²) in [5, 5.41) is 10.0. The summed E-state index contributed by atoms with van der Waals surface area (Å²) in [5.74, 6) is -0.886. The highest BCUT2D eigenvalue weighted by Crippen LogP contribution is 2.46. The number of carbonyl (C=O) groups is 2. The molecule has 0 bridgehead atoms. The van der Waals surface area contributed by atoms with E-state index >= 15 is 0 Å². The number of amides is 2. The van der Waals surface area contributed by atoms with E-state index in [-0.39, 0.29) is 37.1 Å². The Hall–Kier alpha value is -1.95. The van der Waals surface area contributed by atoms with Crippen molar-refractivity contribution >= 4 is 11.8 Å². The number of carbonyl (C=O) groups excluding carboxylic acids is 2. The Morgan fingerprint density at radius 1 is 1.26 bits per heavy atom. The molecule has 1 aliphatic heterocycles. The van der Waals surface area contributed by atoms with Crippen LogP contribution in [-0.2, 0) is 9.59 Å². The third kappa shape index (κ3) is 3.08. The lowest BCUT2D eigenvalue weighted by molar-refractivity contribution is -0.143. The van der Waals surface area contributed by atoms with Crippen LogP contribution in [0.15, 0.2) is 24.3 Å². The van der Waals surface area contributed by atoms with Crippen LogP contribution in [0.3, 0.4) is 0 Å². The molecular formula is C17H20FNO4. The van der Waals surface area contributed by atoms with E-state index in [0.29, 0.717) is 0 Å². The molecule has 2 amide bonds. The van der Waals surface area contributed by atoms with Crippen molar-refractivity contribution in [2.45, 2.75) is 38.2 Å². The van der Waals surface area contributed by atoms with Gasteiger partial charge in [-0.05, 0) is 25.0 Å². The monoisotopic (exact) mass is 321 g/mol. The minimum Gasteiger partial charge on any atom is -0.488 e. The number of hydrogen-bond acceptors (Lipinski definition) is 4. The molecule has 1 aromatic carbocycles. The molecule has 1 saturated heterocycles. The molecule has 2 aliphatic rings. The van der Waals surface area contributed by atoms with Gasteiger partial charge >= 0.3 is 0 Å². The average Bonchev–Trinajstić information content (AvgIpc) is 3.08. The standard InChI is InChI=1S/C17H20FNO4/c18-13-5-1-2-6-14(13)23-11-12(20)10-19-15(21)9-17(16(19)22)7-3-4-8-17/h1-2,5-6,12,20H,3-4,7-11H2. The summed E-state index contributed by atoms with van der Waals surface area (Å²) in [6.07, 6.45) is 2.62. The van der Waals surface area contributed by atoms with Gasteiger partial charge in [-0.3, -0.25) is 14.5 Å². The molecule has 1 N–H and O–H groups in total. The van der Waals surface area contributed by atoms with Crippen LogP contribution in [0.2, 0.25) is 0 Å². The number of nitrogens with zero attached hydrogens (tertiary/aromatic N) is 1. The molecular weight excluding hydrogens is 301 g/mol. The summed E-state index contributed by atoms with van der Waals surface area (Å²) < 4.78 is 18.7. The third-order valence-electron chi connectivity index (χ3n) is 4.71. The Bertz CT molecular complexity index is 612. The number of rotatable bonds is 5. The van der Waals surface area contributed by atoms with E-state index in [4.69, 9.17) is 4.74 Å². The smallest absolute Gasteiger partial charge is 0.235 e. The van der Waals surface area contributed by atoms with Crippen LogP contribution in [0, 0.1) is 11.2 Å². The van der Waals surface area contributed by atoms with Gasteiger partial charge in [0.05, 0.1) is 12.0 Å². The van der Waals surface area contributed by atoms with E-state index in [2.05, 4.69) is 0 Å². The lowest BCUT2D eigenvalue weighted by Crippen LogP contribution is -2.41. The lowest BCUT2D eigenvalue weighted by atomic mass is 9.84. The molecule has 6 heteroatoms. The first-order chi connectivity index (χ1) is 11.0. The summed E-state index contributed by atoms with van der Waals surface area (Å²) in [4.78, 5) is 25.7. The second-order valence-corrected chi connectivity index (χ2v) is 6.37.